The van der Waals surface area contributed by atoms with Crippen molar-refractivity contribution in [3.05, 3.63) is 63.6 Å². The zero-order valence-corrected chi connectivity index (χ0v) is 18.4. The van der Waals surface area contributed by atoms with Crippen LogP contribution in [0.25, 0.3) is 5.69 Å². The molecule has 0 aliphatic carbocycles. The van der Waals surface area contributed by atoms with E-state index < -0.39 is 11.7 Å². The molecule has 1 aliphatic rings. The zero-order chi connectivity index (χ0) is 21.3. The van der Waals surface area contributed by atoms with Gasteiger partial charge >= 0.3 is 0 Å². The van der Waals surface area contributed by atoms with Gasteiger partial charge in [-0.3, -0.25) is 4.79 Å². The van der Waals surface area contributed by atoms with Gasteiger partial charge in [-0.05, 0) is 43.3 Å². The van der Waals surface area contributed by atoms with Gasteiger partial charge in [0.1, 0.15) is 5.82 Å². The van der Waals surface area contributed by atoms with Crippen LogP contribution in [0.1, 0.15) is 16.2 Å². The second-order valence-corrected chi connectivity index (χ2v) is 8.79. The third kappa shape index (κ3) is 4.26. The predicted molar refractivity (Wildman–Crippen MR) is 120 cm³/mol. The summed E-state index contributed by atoms with van der Waals surface area (Å²) in [5.74, 6) is 1.21. The van der Waals surface area contributed by atoms with Gasteiger partial charge in [-0.1, -0.05) is 28.4 Å². The van der Waals surface area contributed by atoms with Gasteiger partial charge in [0.15, 0.2) is 5.69 Å². The normalized spacial score (nSPS) is 14.1. The van der Waals surface area contributed by atoms with Gasteiger partial charge in [-0.2, -0.15) is 11.8 Å². The average molecular weight is 466 g/mol. The second kappa shape index (κ2) is 8.83. The van der Waals surface area contributed by atoms with Crippen molar-refractivity contribution in [1.82, 2.24) is 15.0 Å². The van der Waals surface area contributed by atoms with E-state index in [2.05, 4.69) is 20.5 Å². The predicted octanol–water partition coefficient (Wildman–Crippen LogP) is 4.83. The van der Waals surface area contributed by atoms with Crippen molar-refractivity contribution >= 4 is 52.2 Å². The van der Waals surface area contributed by atoms with E-state index in [1.165, 1.54) is 22.9 Å². The van der Waals surface area contributed by atoms with E-state index in [0.29, 0.717) is 22.1 Å². The summed E-state index contributed by atoms with van der Waals surface area (Å²) in [6.07, 6.45) is 0. The number of hydrogen-bond donors (Lipinski definition) is 1. The second-order valence-electron chi connectivity index (χ2n) is 6.75. The first-order valence-corrected chi connectivity index (χ1v) is 11.2. The van der Waals surface area contributed by atoms with E-state index in [4.69, 9.17) is 23.2 Å². The van der Waals surface area contributed by atoms with Crippen LogP contribution in [0.4, 0.5) is 15.8 Å². The van der Waals surface area contributed by atoms with Crippen LogP contribution in [-0.2, 0) is 0 Å². The number of halogens is 3. The monoisotopic (exact) mass is 465 g/mol. The van der Waals surface area contributed by atoms with Crippen LogP contribution < -0.4 is 10.2 Å². The summed E-state index contributed by atoms with van der Waals surface area (Å²) in [5.41, 5.74) is 2.70. The highest BCUT2D eigenvalue weighted by atomic mass is 35.5. The minimum atomic E-state index is -0.528. The topological polar surface area (TPSA) is 63.1 Å². The summed E-state index contributed by atoms with van der Waals surface area (Å²) in [4.78, 5) is 15.0. The molecule has 0 unspecified atom stereocenters. The highest BCUT2D eigenvalue weighted by Crippen LogP contribution is 2.31. The maximum Gasteiger partial charge on any atom is 0.278 e. The van der Waals surface area contributed by atoms with Crippen LogP contribution in [0.3, 0.4) is 0 Å². The molecule has 4 rings (SSSR count). The maximum absolute atomic E-state index is 13.4. The number of rotatable bonds is 4. The highest BCUT2D eigenvalue weighted by Gasteiger charge is 2.19. The van der Waals surface area contributed by atoms with E-state index in [1.54, 1.807) is 13.0 Å². The Kier molecular flexibility index (Phi) is 6.17. The largest absolute Gasteiger partial charge is 0.369 e. The number of hydrogen-bond acceptors (Lipinski definition) is 5. The Morgan fingerprint density at radius 3 is 2.60 bits per heavy atom. The molecule has 0 atom stereocenters. The molecule has 1 aromatic heterocycles. The standard InChI is InChI=1S/C20H18Cl2FN5OS/c1-12-19(25-26-28(12)14-3-4-17(23)15(21)11-14)20(29)24-13-2-5-18(16(22)10-13)27-6-8-30-9-7-27/h2-5,10-11H,6-9H2,1H3,(H,24,29). The van der Waals surface area contributed by atoms with Crippen LogP contribution in [0.15, 0.2) is 36.4 Å². The lowest BCUT2D eigenvalue weighted by Crippen LogP contribution is -2.32. The molecule has 30 heavy (non-hydrogen) atoms. The molecule has 156 valence electrons. The van der Waals surface area contributed by atoms with E-state index in [0.717, 1.165) is 30.3 Å². The molecular weight excluding hydrogens is 448 g/mol. The van der Waals surface area contributed by atoms with E-state index >= 15 is 0 Å². The van der Waals surface area contributed by atoms with Gasteiger partial charge in [0.05, 0.1) is 27.1 Å². The molecule has 0 spiro atoms. The molecule has 1 fully saturated rings. The minimum Gasteiger partial charge on any atom is -0.369 e. The van der Waals surface area contributed by atoms with Crippen molar-refractivity contribution < 1.29 is 9.18 Å². The van der Waals surface area contributed by atoms with Gasteiger partial charge in [-0.25, -0.2) is 9.07 Å². The van der Waals surface area contributed by atoms with Crippen molar-refractivity contribution in [2.45, 2.75) is 6.92 Å². The van der Waals surface area contributed by atoms with Gasteiger partial charge < -0.3 is 10.2 Å². The van der Waals surface area contributed by atoms with Crippen molar-refractivity contribution in [2.24, 2.45) is 0 Å². The molecule has 3 aromatic rings. The number of nitrogens with one attached hydrogen (secondary N) is 1. The van der Waals surface area contributed by atoms with Gasteiger partial charge in [0, 0.05) is 30.3 Å². The molecule has 1 amide bonds. The fourth-order valence-corrected chi connectivity index (χ4v) is 4.61. The quantitative estimate of drug-likeness (QED) is 0.597. The van der Waals surface area contributed by atoms with E-state index in [1.807, 2.05) is 23.9 Å². The Balaban J connectivity index is 1.52. The number of anilines is 2. The number of thioether (sulfide) groups is 1. The molecule has 0 radical (unpaired) electrons. The zero-order valence-electron chi connectivity index (χ0n) is 16.0. The molecule has 0 bridgehead atoms. The summed E-state index contributed by atoms with van der Waals surface area (Å²) in [5, 5.41) is 11.3. The van der Waals surface area contributed by atoms with Gasteiger partial charge in [-0.15, -0.1) is 5.10 Å². The number of aromatic nitrogens is 3. The number of carbonyl (C=O) groups excluding carboxylic acids is 1. The molecule has 1 N–H and O–H groups in total. The summed E-state index contributed by atoms with van der Waals surface area (Å²) in [6.45, 7) is 3.61. The molecular formula is C20H18Cl2FN5OS. The lowest BCUT2D eigenvalue weighted by molar-refractivity contribution is 0.102. The summed E-state index contributed by atoms with van der Waals surface area (Å²) >= 11 is 14.2. The van der Waals surface area contributed by atoms with Crippen molar-refractivity contribution in [1.29, 1.82) is 0 Å². The lowest BCUT2D eigenvalue weighted by Gasteiger charge is -2.29. The fraction of sp³-hybridized carbons (Fsp3) is 0.250. The molecule has 6 nitrogen and oxygen atoms in total. The third-order valence-electron chi connectivity index (χ3n) is 4.81. The number of nitrogens with zero attached hydrogens (tertiary/aromatic N) is 4. The van der Waals surface area contributed by atoms with Crippen LogP contribution in [0.2, 0.25) is 10.0 Å². The van der Waals surface area contributed by atoms with Crippen LogP contribution in [0, 0.1) is 12.7 Å². The molecule has 2 heterocycles. The van der Waals surface area contributed by atoms with Crippen molar-refractivity contribution in [2.75, 3.05) is 34.8 Å². The Bertz CT molecular complexity index is 1100. The summed E-state index contributed by atoms with van der Waals surface area (Å²) in [7, 11) is 0. The molecule has 1 aliphatic heterocycles. The van der Waals surface area contributed by atoms with Crippen LogP contribution >= 0.6 is 35.0 Å². The lowest BCUT2D eigenvalue weighted by atomic mass is 10.2. The van der Waals surface area contributed by atoms with Gasteiger partial charge in [0.2, 0.25) is 0 Å². The van der Waals surface area contributed by atoms with Crippen molar-refractivity contribution in [3.8, 4) is 5.69 Å². The number of benzene rings is 2. The Hall–Kier alpha value is -2.29. The first-order chi connectivity index (χ1) is 14.4. The maximum atomic E-state index is 13.4. The first kappa shape index (κ1) is 21.0. The Morgan fingerprint density at radius 2 is 1.90 bits per heavy atom. The minimum absolute atomic E-state index is 0.0320. The average Bonchev–Trinajstić information content (AvgIpc) is 3.12. The molecule has 10 heteroatoms. The van der Waals surface area contributed by atoms with Crippen LogP contribution in [0.5, 0.6) is 0 Å². The number of carbonyl (C=O) groups is 1. The van der Waals surface area contributed by atoms with Gasteiger partial charge in [0.25, 0.3) is 5.91 Å². The summed E-state index contributed by atoms with van der Waals surface area (Å²) < 4.78 is 14.8. The van der Waals surface area contributed by atoms with Crippen LogP contribution in [-0.4, -0.2) is 45.5 Å². The molecule has 1 saturated heterocycles. The highest BCUT2D eigenvalue weighted by molar-refractivity contribution is 7.99. The Labute approximate surface area is 187 Å². The SMILES string of the molecule is Cc1c(C(=O)Nc2ccc(N3CCSCC3)c(Cl)c2)nnn1-c1ccc(F)c(Cl)c1. The first-order valence-electron chi connectivity index (χ1n) is 9.25. The smallest absolute Gasteiger partial charge is 0.278 e. The van der Waals surface area contributed by atoms with Crippen molar-refractivity contribution in [3.63, 3.8) is 0 Å². The molecule has 0 saturated carbocycles. The van der Waals surface area contributed by atoms with E-state index in [9.17, 15) is 9.18 Å². The van der Waals surface area contributed by atoms with E-state index in [-0.39, 0.29) is 10.7 Å². The number of amides is 1. The fourth-order valence-electron chi connectivity index (χ4n) is 3.24. The third-order valence-corrected chi connectivity index (χ3v) is 6.35. The molecule has 2 aromatic carbocycles. The Morgan fingerprint density at radius 1 is 1.13 bits per heavy atom. The summed E-state index contributed by atoms with van der Waals surface area (Å²) in [6, 6.07) is 9.65.